The first-order valence-corrected chi connectivity index (χ1v) is 17.5. The predicted molar refractivity (Wildman–Crippen MR) is 167 cm³/mol. The summed E-state index contributed by atoms with van der Waals surface area (Å²) in [6.07, 6.45) is 16.0. The van der Waals surface area contributed by atoms with Crippen molar-refractivity contribution in [2.45, 2.75) is 101 Å². The lowest BCUT2D eigenvalue weighted by atomic mass is 9.89. The summed E-state index contributed by atoms with van der Waals surface area (Å²) in [7, 11) is 0.949. The molecule has 3 nitrogen and oxygen atoms in total. The minimum absolute atomic E-state index is 0.383. The zero-order valence-electron chi connectivity index (χ0n) is 24.4. The quantitative estimate of drug-likeness (QED) is 0.284. The molecule has 0 saturated heterocycles. The molecular weight excluding hydrogens is 511 g/mol. The van der Waals surface area contributed by atoms with Crippen LogP contribution < -0.4 is 14.8 Å². The Hall–Kier alpha value is -2.51. The topological polar surface area (TPSA) is 35.5 Å². The summed E-state index contributed by atoms with van der Waals surface area (Å²) in [5.74, 6) is 1.69. The van der Waals surface area contributed by atoms with Crippen molar-refractivity contribution in [3.8, 4) is 22.6 Å². The first-order chi connectivity index (χ1) is 19.6. The molecule has 2 fully saturated rings. The van der Waals surface area contributed by atoms with Crippen molar-refractivity contribution in [2.24, 2.45) is 0 Å². The van der Waals surface area contributed by atoms with E-state index in [0.717, 1.165) is 68.4 Å². The highest BCUT2D eigenvalue weighted by Gasteiger charge is 2.43. The van der Waals surface area contributed by atoms with Gasteiger partial charge in [0.1, 0.15) is 18.6 Å². The molecule has 3 aromatic rings. The van der Waals surface area contributed by atoms with Gasteiger partial charge in [-0.25, -0.2) is 0 Å². The highest BCUT2D eigenvalue weighted by atomic mass is 31.2. The lowest BCUT2D eigenvalue weighted by Gasteiger charge is -2.39. The van der Waals surface area contributed by atoms with Crippen molar-refractivity contribution in [3.05, 3.63) is 76.9 Å². The van der Waals surface area contributed by atoms with Gasteiger partial charge < -0.3 is 14.0 Å². The van der Waals surface area contributed by atoms with Crippen LogP contribution in [0.5, 0.6) is 11.5 Å². The molecular formula is C36H45O3P. The third-order valence-electron chi connectivity index (χ3n) is 10.00. The van der Waals surface area contributed by atoms with Crippen LogP contribution in [0.25, 0.3) is 11.1 Å². The van der Waals surface area contributed by atoms with Crippen molar-refractivity contribution >= 4 is 12.4 Å². The van der Waals surface area contributed by atoms with Gasteiger partial charge in [0.2, 0.25) is 0 Å². The first kappa shape index (κ1) is 27.6. The van der Waals surface area contributed by atoms with Gasteiger partial charge in [0.15, 0.2) is 0 Å². The number of ether oxygens (including phenoxy) is 2. The third-order valence-corrected chi connectivity index (χ3v) is 14.4. The van der Waals surface area contributed by atoms with Crippen molar-refractivity contribution in [3.63, 3.8) is 0 Å². The minimum atomic E-state index is -2.52. The Labute approximate surface area is 241 Å². The first-order valence-electron chi connectivity index (χ1n) is 15.7. The minimum Gasteiger partial charge on any atom is -0.496 e. The average molecular weight is 557 g/mol. The lowest BCUT2D eigenvalue weighted by Crippen LogP contribution is -2.31. The van der Waals surface area contributed by atoms with Gasteiger partial charge in [0.25, 0.3) is 0 Å². The molecule has 212 valence electrons. The standard InChI is InChI=1S/C36H45O3P/c1-38-33-14-9-15-34(39-2)36(33)32-24-26-16-20-28(32)21-17-27-19-23-29(22-18-26)35(25-27)40(37,30-10-5-3-6-11-30)31-12-7-4-8-13-31/h9,14-16,19-20,23-25,30-31H,3-8,10-13,17-18,21-22H2,1-2H3. The maximum atomic E-state index is 15.6. The summed E-state index contributed by atoms with van der Waals surface area (Å²) in [6, 6.07) is 20.1. The molecule has 0 unspecified atom stereocenters. The number of hydrogen-bond acceptors (Lipinski definition) is 3. The Bertz CT molecular complexity index is 1340. The van der Waals surface area contributed by atoms with Gasteiger partial charge in [-0.3, -0.25) is 0 Å². The van der Waals surface area contributed by atoms with Crippen molar-refractivity contribution in [1.29, 1.82) is 0 Å². The van der Waals surface area contributed by atoms with E-state index in [1.54, 1.807) is 14.2 Å². The second kappa shape index (κ2) is 12.2. The van der Waals surface area contributed by atoms with Crippen LogP contribution in [0.3, 0.4) is 0 Å². The molecule has 0 heterocycles. The molecule has 2 saturated carbocycles. The summed E-state index contributed by atoms with van der Waals surface area (Å²) < 4.78 is 27.2. The van der Waals surface area contributed by atoms with Crippen LogP contribution in [-0.2, 0) is 30.2 Å². The summed E-state index contributed by atoms with van der Waals surface area (Å²) >= 11 is 0. The smallest absolute Gasteiger partial charge is 0.130 e. The van der Waals surface area contributed by atoms with E-state index >= 15 is 4.57 Å². The van der Waals surface area contributed by atoms with Gasteiger partial charge in [0.05, 0.1) is 19.8 Å². The summed E-state index contributed by atoms with van der Waals surface area (Å²) in [5, 5.41) is 1.27. The molecule has 0 radical (unpaired) electrons. The highest BCUT2D eigenvalue weighted by molar-refractivity contribution is 7.73. The fourth-order valence-corrected chi connectivity index (χ4v) is 12.5. The molecule has 3 aromatic carbocycles. The van der Waals surface area contributed by atoms with E-state index in [-0.39, 0.29) is 0 Å². The van der Waals surface area contributed by atoms with Crippen LogP contribution in [-0.4, -0.2) is 25.5 Å². The molecule has 6 aliphatic carbocycles. The molecule has 0 N–H and O–H groups in total. The van der Waals surface area contributed by atoms with Gasteiger partial charge in [-0.05, 0) is 97.4 Å². The molecule has 0 aliphatic heterocycles. The lowest BCUT2D eigenvalue weighted by molar-refractivity contribution is 0.397. The maximum Gasteiger partial charge on any atom is 0.130 e. The Morgan fingerprint density at radius 1 is 0.625 bits per heavy atom. The van der Waals surface area contributed by atoms with E-state index in [0.29, 0.717) is 11.3 Å². The Morgan fingerprint density at radius 3 is 1.73 bits per heavy atom. The Morgan fingerprint density at radius 2 is 1.15 bits per heavy atom. The molecule has 4 heteroatoms. The van der Waals surface area contributed by atoms with E-state index < -0.39 is 7.14 Å². The van der Waals surface area contributed by atoms with Crippen LogP contribution in [0.4, 0.5) is 0 Å². The fraction of sp³-hybridized carbons (Fsp3) is 0.500. The molecule has 0 aromatic heterocycles. The van der Waals surface area contributed by atoms with Crippen LogP contribution in [0.15, 0.2) is 54.6 Å². The van der Waals surface area contributed by atoms with Crippen LogP contribution >= 0.6 is 7.14 Å². The van der Waals surface area contributed by atoms with Crippen molar-refractivity contribution in [1.82, 2.24) is 0 Å². The number of aryl methyl sites for hydroxylation is 4. The van der Waals surface area contributed by atoms with Gasteiger partial charge in [-0.15, -0.1) is 0 Å². The van der Waals surface area contributed by atoms with Gasteiger partial charge in [0, 0.05) is 16.6 Å². The maximum absolute atomic E-state index is 15.6. The Balaban J connectivity index is 1.42. The van der Waals surface area contributed by atoms with Gasteiger partial charge in [-0.2, -0.15) is 0 Å². The predicted octanol–water partition coefficient (Wildman–Crippen LogP) is 8.91. The molecule has 0 atom stereocenters. The van der Waals surface area contributed by atoms with E-state index in [1.807, 2.05) is 18.2 Å². The average Bonchev–Trinajstić information content (AvgIpc) is 3.02. The number of hydrogen-bond donors (Lipinski definition) is 0. The molecule has 6 aliphatic rings. The molecule has 4 bridgehead atoms. The second-order valence-corrected chi connectivity index (χ2v) is 15.6. The number of methoxy groups -OCH3 is 2. The van der Waals surface area contributed by atoms with Crippen LogP contribution in [0.1, 0.15) is 86.5 Å². The third kappa shape index (κ3) is 5.27. The molecule has 0 spiro atoms. The largest absolute Gasteiger partial charge is 0.496 e. The van der Waals surface area contributed by atoms with Crippen LogP contribution in [0, 0.1) is 0 Å². The zero-order valence-corrected chi connectivity index (χ0v) is 25.3. The summed E-state index contributed by atoms with van der Waals surface area (Å²) in [6.45, 7) is 0. The van der Waals surface area contributed by atoms with E-state index in [2.05, 4.69) is 36.4 Å². The number of rotatable bonds is 6. The Kier molecular flexibility index (Phi) is 8.40. The van der Waals surface area contributed by atoms with Gasteiger partial charge in [-0.1, -0.05) is 74.9 Å². The van der Waals surface area contributed by atoms with E-state index in [9.17, 15) is 0 Å². The van der Waals surface area contributed by atoms with Crippen molar-refractivity contribution in [2.75, 3.05) is 14.2 Å². The van der Waals surface area contributed by atoms with E-state index in [4.69, 9.17) is 9.47 Å². The monoisotopic (exact) mass is 556 g/mol. The molecule has 9 rings (SSSR count). The fourth-order valence-electron chi connectivity index (χ4n) is 7.83. The van der Waals surface area contributed by atoms with Crippen LogP contribution in [0.2, 0.25) is 0 Å². The molecule has 0 amide bonds. The normalized spacial score (nSPS) is 18.8. The summed E-state index contributed by atoms with van der Waals surface area (Å²) in [5.41, 5.74) is 8.29. The molecule has 40 heavy (non-hydrogen) atoms. The number of benzene rings is 3. The SMILES string of the molecule is COc1cccc(OC)c1-c1cc2ccc1CCc1ccc(c(P(=O)(C3CCCCC3)C3CCCCC3)c1)CC2. The summed E-state index contributed by atoms with van der Waals surface area (Å²) in [4.78, 5) is 0. The van der Waals surface area contributed by atoms with E-state index in [1.165, 1.54) is 71.6 Å². The van der Waals surface area contributed by atoms with Gasteiger partial charge >= 0.3 is 0 Å². The van der Waals surface area contributed by atoms with Crippen molar-refractivity contribution < 1.29 is 14.0 Å². The highest BCUT2D eigenvalue weighted by Crippen LogP contribution is 2.62. The zero-order chi connectivity index (χ0) is 27.5. The second-order valence-electron chi connectivity index (χ2n) is 12.3.